The van der Waals surface area contributed by atoms with Crippen LogP contribution in [0.3, 0.4) is 0 Å². The molecule has 5 heteroatoms. The standard InChI is InChI=1S/C15H28N2O3/c1-4-19-14(18)15(7-8-17(3)12(2)10-15)16-11-13-6-5-9-20-13/h12-13,16H,4-11H2,1-3H3. The topological polar surface area (TPSA) is 50.8 Å². The Kier molecular flexibility index (Phi) is 5.41. The molecule has 0 radical (unpaired) electrons. The normalized spacial score (nSPS) is 35.1. The molecule has 20 heavy (non-hydrogen) atoms. The quantitative estimate of drug-likeness (QED) is 0.768. The van der Waals surface area contributed by atoms with E-state index in [1.807, 2.05) is 6.92 Å². The van der Waals surface area contributed by atoms with Crippen LogP contribution in [0.25, 0.3) is 0 Å². The van der Waals surface area contributed by atoms with Crippen molar-refractivity contribution in [2.75, 3.05) is 33.4 Å². The van der Waals surface area contributed by atoms with Crippen LogP contribution in [0.2, 0.25) is 0 Å². The first-order valence-corrected chi connectivity index (χ1v) is 7.81. The molecule has 0 saturated carbocycles. The molecule has 0 bridgehead atoms. The lowest BCUT2D eigenvalue weighted by atomic mass is 9.83. The fourth-order valence-corrected chi connectivity index (χ4v) is 3.15. The zero-order valence-electron chi connectivity index (χ0n) is 13.0. The van der Waals surface area contributed by atoms with Gasteiger partial charge in [-0.25, -0.2) is 0 Å². The molecule has 0 amide bonds. The number of carbonyl (C=O) groups excluding carboxylic acids is 1. The monoisotopic (exact) mass is 284 g/mol. The molecule has 5 nitrogen and oxygen atoms in total. The van der Waals surface area contributed by atoms with Crippen LogP contribution >= 0.6 is 0 Å². The Labute approximate surface area is 122 Å². The summed E-state index contributed by atoms with van der Waals surface area (Å²) in [5.74, 6) is -0.0991. The van der Waals surface area contributed by atoms with Crippen LogP contribution in [0.1, 0.15) is 39.5 Å². The third-order valence-electron chi connectivity index (χ3n) is 4.65. The lowest BCUT2D eigenvalue weighted by molar-refractivity contribution is -0.154. The fourth-order valence-electron chi connectivity index (χ4n) is 3.15. The van der Waals surface area contributed by atoms with Gasteiger partial charge >= 0.3 is 5.97 Å². The van der Waals surface area contributed by atoms with Gasteiger partial charge in [0.1, 0.15) is 5.54 Å². The third kappa shape index (κ3) is 3.51. The summed E-state index contributed by atoms with van der Waals surface area (Å²) in [5.41, 5.74) is -0.534. The molecule has 0 aliphatic carbocycles. The number of hydrogen-bond donors (Lipinski definition) is 1. The Hall–Kier alpha value is -0.650. The molecule has 2 heterocycles. The molecular weight excluding hydrogens is 256 g/mol. The number of likely N-dealkylation sites (tertiary alicyclic amines) is 1. The average Bonchev–Trinajstić information content (AvgIpc) is 2.94. The first kappa shape index (κ1) is 15.7. The van der Waals surface area contributed by atoms with Crippen LogP contribution in [0, 0.1) is 0 Å². The maximum Gasteiger partial charge on any atom is 0.326 e. The minimum Gasteiger partial charge on any atom is -0.465 e. The summed E-state index contributed by atoms with van der Waals surface area (Å²) in [6, 6.07) is 0.380. The number of esters is 1. The smallest absolute Gasteiger partial charge is 0.326 e. The largest absolute Gasteiger partial charge is 0.465 e. The molecular formula is C15H28N2O3. The maximum atomic E-state index is 12.4. The van der Waals surface area contributed by atoms with Crippen molar-refractivity contribution in [1.82, 2.24) is 10.2 Å². The number of hydrogen-bond acceptors (Lipinski definition) is 5. The Morgan fingerprint density at radius 2 is 2.35 bits per heavy atom. The molecule has 2 saturated heterocycles. The average molecular weight is 284 g/mol. The zero-order chi connectivity index (χ0) is 14.6. The summed E-state index contributed by atoms with van der Waals surface area (Å²) >= 11 is 0. The molecule has 2 aliphatic heterocycles. The Morgan fingerprint density at radius 1 is 1.55 bits per heavy atom. The lowest BCUT2D eigenvalue weighted by Gasteiger charge is -2.43. The third-order valence-corrected chi connectivity index (χ3v) is 4.65. The van der Waals surface area contributed by atoms with E-state index in [-0.39, 0.29) is 12.1 Å². The number of ether oxygens (including phenoxy) is 2. The Balaban J connectivity index is 2.01. The van der Waals surface area contributed by atoms with E-state index in [0.717, 1.165) is 45.4 Å². The van der Waals surface area contributed by atoms with E-state index in [1.54, 1.807) is 0 Å². The van der Waals surface area contributed by atoms with Crippen molar-refractivity contribution in [1.29, 1.82) is 0 Å². The van der Waals surface area contributed by atoms with Crippen molar-refractivity contribution in [3.8, 4) is 0 Å². The summed E-state index contributed by atoms with van der Waals surface area (Å²) in [7, 11) is 2.11. The molecule has 0 aromatic heterocycles. The first-order valence-electron chi connectivity index (χ1n) is 7.81. The molecule has 0 aromatic carbocycles. The van der Waals surface area contributed by atoms with Gasteiger partial charge in [-0.2, -0.15) is 0 Å². The lowest BCUT2D eigenvalue weighted by Crippen LogP contribution is -2.61. The molecule has 3 atom stereocenters. The summed E-state index contributed by atoms with van der Waals surface area (Å²) in [5, 5.41) is 3.49. The molecule has 0 aromatic rings. The Morgan fingerprint density at radius 3 is 2.95 bits per heavy atom. The summed E-state index contributed by atoms with van der Waals surface area (Å²) in [4.78, 5) is 14.7. The van der Waals surface area contributed by atoms with Crippen molar-refractivity contribution >= 4 is 5.97 Å². The number of nitrogens with one attached hydrogen (secondary N) is 1. The summed E-state index contributed by atoms with van der Waals surface area (Å²) in [6.07, 6.45) is 4.06. The minimum absolute atomic E-state index is 0.0991. The van der Waals surface area contributed by atoms with E-state index in [2.05, 4.69) is 24.2 Å². The van der Waals surface area contributed by atoms with E-state index in [9.17, 15) is 4.79 Å². The summed E-state index contributed by atoms with van der Waals surface area (Å²) in [6.45, 7) is 6.98. The van der Waals surface area contributed by atoms with Gasteiger partial charge in [-0.15, -0.1) is 0 Å². The van der Waals surface area contributed by atoms with E-state index in [0.29, 0.717) is 12.6 Å². The zero-order valence-corrected chi connectivity index (χ0v) is 13.0. The highest BCUT2D eigenvalue weighted by atomic mass is 16.5. The van der Waals surface area contributed by atoms with Gasteiger partial charge in [-0.05, 0) is 46.6 Å². The van der Waals surface area contributed by atoms with Crippen LogP contribution < -0.4 is 5.32 Å². The molecule has 0 spiro atoms. The van der Waals surface area contributed by atoms with E-state index < -0.39 is 5.54 Å². The van der Waals surface area contributed by atoms with Gasteiger partial charge in [-0.3, -0.25) is 10.1 Å². The fraction of sp³-hybridized carbons (Fsp3) is 0.933. The van der Waals surface area contributed by atoms with Crippen molar-refractivity contribution in [3.05, 3.63) is 0 Å². The first-order chi connectivity index (χ1) is 9.57. The van der Waals surface area contributed by atoms with Crippen LogP contribution in [-0.4, -0.2) is 61.9 Å². The van der Waals surface area contributed by atoms with Gasteiger partial charge in [-0.1, -0.05) is 0 Å². The highest BCUT2D eigenvalue weighted by Crippen LogP contribution is 2.28. The second kappa shape index (κ2) is 6.87. The molecule has 2 aliphatic rings. The molecule has 3 unspecified atom stereocenters. The van der Waals surface area contributed by atoms with E-state index in [1.165, 1.54) is 0 Å². The number of rotatable bonds is 5. The summed E-state index contributed by atoms with van der Waals surface area (Å²) < 4.78 is 11.0. The highest BCUT2D eigenvalue weighted by molar-refractivity contribution is 5.81. The van der Waals surface area contributed by atoms with Crippen molar-refractivity contribution in [2.45, 2.75) is 57.2 Å². The molecule has 116 valence electrons. The van der Waals surface area contributed by atoms with Crippen LogP contribution in [0.15, 0.2) is 0 Å². The van der Waals surface area contributed by atoms with Crippen molar-refractivity contribution in [3.63, 3.8) is 0 Å². The second-order valence-electron chi connectivity index (χ2n) is 6.10. The van der Waals surface area contributed by atoms with Crippen LogP contribution in [-0.2, 0) is 14.3 Å². The number of carbonyl (C=O) groups is 1. The van der Waals surface area contributed by atoms with Crippen LogP contribution in [0.4, 0.5) is 0 Å². The highest BCUT2D eigenvalue weighted by Gasteiger charge is 2.44. The SMILES string of the molecule is CCOC(=O)C1(NCC2CCCO2)CCN(C)C(C)C1. The van der Waals surface area contributed by atoms with Crippen LogP contribution in [0.5, 0.6) is 0 Å². The van der Waals surface area contributed by atoms with E-state index in [4.69, 9.17) is 9.47 Å². The van der Waals surface area contributed by atoms with E-state index >= 15 is 0 Å². The molecule has 1 N–H and O–H groups in total. The van der Waals surface area contributed by atoms with Gasteiger partial charge < -0.3 is 14.4 Å². The number of nitrogens with zero attached hydrogens (tertiary/aromatic N) is 1. The maximum absolute atomic E-state index is 12.4. The van der Waals surface area contributed by atoms with Gasteiger partial charge in [0.25, 0.3) is 0 Å². The van der Waals surface area contributed by atoms with Gasteiger partial charge in [0.2, 0.25) is 0 Å². The van der Waals surface area contributed by atoms with Gasteiger partial charge in [0.05, 0.1) is 12.7 Å². The Bertz CT molecular complexity index is 331. The van der Waals surface area contributed by atoms with Crippen molar-refractivity contribution in [2.24, 2.45) is 0 Å². The van der Waals surface area contributed by atoms with Crippen molar-refractivity contribution < 1.29 is 14.3 Å². The van der Waals surface area contributed by atoms with Gasteiger partial charge in [0.15, 0.2) is 0 Å². The van der Waals surface area contributed by atoms with Gasteiger partial charge in [0, 0.05) is 25.7 Å². The molecule has 2 rings (SSSR count). The molecule has 2 fully saturated rings. The minimum atomic E-state index is -0.534. The predicted octanol–water partition coefficient (Wildman–Crippen LogP) is 1.17. The predicted molar refractivity (Wildman–Crippen MR) is 77.7 cm³/mol. The number of piperidine rings is 1. The second-order valence-corrected chi connectivity index (χ2v) is 6.10.